The fourth-order valence-corrected chi connectivity index (χ4v) is 4.62. The van der Waals surface area contributed by atoms with Crippen molar-refractivity contribution in [2.45, 2.75) is 24.5 Å². The van der Waals surface area contributed by atoms with Crippen molar-refractivity contribution < 1.29 is 4.42 Å². The van der Waals surface area contributed by atoms with Crippen LogP contribution in [0.15, 0.2) is 56.1 Å². The second-order valence-corrected chi connectivity index (χ2v) is 7.75. The molecule has 0 unspecified atom stereocenters. The Labute approximate surface area is 152 Å². The molecule has 126 valence electrons. The highest BCUT2D eigenvalue weighted by atomic mass is 32.2. The summed E-state index contributed by atoms with van der Waals surface area (Å²) in [4.78, 5) is 22.1. The largest absolute Gasteiger partial charge is 0.464 e. The van der Waals surface area contributed by atoms with Crippen molar-refractivity contribution in [3.8, 4) is 11.3 Å². The van der Waals surface area contributed by atoms with Crippen LogP contribution in [-0.4, -0.2) is 9.97 Å². The molecule has 0 aliphatic rings. The van der Waals surface area contributed by atoms with Gasteiger partial charge in [-0.3, -0.25) is 4.79 Å². The van der Waals surface area contributed by atoms with Gasteiger partial charge in [-0.2, -0.15) is 0 Å². The minimum atomic E-state index is -0.116. The van der Waals surface area contributed by atoms with Crippen molar-refractivity contribution in [3.63, 3.8) is 0 Å². The molecule has 0 spiro atoms. The van der Waals surface area contributed by atoms with Crippen LogP contribution < -0.4 is 5.56 Å². The number of rotatable bonds is 4. The summed E-state index contributed by atoms with van der Waals surface area (Å²) in [6.45, 7) is 4.17. The van der Waals surface area contributed by atoms with Crippen LogP contribution in [0.3, 0.4) is 0 Å². The lowest BCUT2D eigenvalue weighted by molar-refractivity contribution is 0.583. The lowest BCUT2D eigenvalue weighted by Crippen LogP contribution is -2.10. The topological polar surface area (TPSA) is 58.9 Å². The molecular formula is C19H16N2O2S2. The highest BCUT2D eigenvalue weighted by molar-refractivity contribution is 7.98. The molecule has 0 amide bonds. The molecule has 4 nitrogen and oxygen atoms in total. The highest BCUT2D eigenvalue weighted by Crippen LogP contribution is 2.32. The van der Waals surface area contributed by atoms with Gasteiger partial charge in [-0.25, -0.2) is 4.98 Å². The third kappa shape index (κ3) is 3.15. The molecule has 0 aliphatic heterocycles. The highest BCUT2D eigenvalue weighted by Gasteiger charge is 2.14. The van der Waals surface area contributed by atoms with Crippen molar-refractivity contribution in [2.75, 3.05) is 0 Å². The predicted molar refractivity (Wildman–Crippen MR) is 103 cm³/mol. The summed E-state index contributed by atoms with van der Waals surface area (Å²) < 4.78 is 5.42. The van der Waals surface area contributed by atoms with E-state index in [9.17, 15) is 4.79 Å². The monoisotopic (exact) mass is 368 g/mol. The standard InChI is InChI=1S/C19H16N2O2S2/c1-11-5-6-12(2)15(8-11)24-10-16-20-18(22)17-13(9-25-19(17)21-16)14-4-3-7-23-14/h3-9H,10H2,1-2H3,(H,20,21,22). The first-order valence-corrected chi connectivity index (χ1v) is 9.72. The number of furan rings is 1. The van der Waals surface area contributed by atoms with Gasteiger partial charge in [-0.1, -0.05) is 17.7 Å². The van der Waals surface area contributed by atoms with Gasteiger partial charge in [0, 0.05) is 15.8 Å². The van der Waals surface area contributed by atoms with Crippen LogP contribution in [0, 0.1) is 13.8 Å². The van der Waals surface area contributed by atoms with Gasteiger partial charge >= 0.3 is 0 Å². The molecule has 0 atom stereocenters. The fourth-order valence-electron chi connectivity index (χ4n) is 2.68. The minimum Gasteiger partial charge on any atom is -0.464 e. The summed E-state index contributed by atoms with van der Waals surface area (Å²) >= 11 is 3.16. The fraction of sp³-hybridized carbons (Fsp3) is 0.158. The molecule has 0 saturated carbocycles. The first-order chi connectivity index (χ1) is 12.1. The molecule has 0 aliphatic carbocycles. The number of H-pyrrole nitrogens is 1. The zero-order valence-corrected chi connectivity index (χ0v) is 15.5. The maximum absolute atomic E-state index is 12.6. The van der Waals surface area contributed by atoms with Crippen LogP contribution in [0.25, 0.3) is 21.5 Å². The molecule has 0 radical (unpaired) electrons. The molecule has 25 heavy (non-hydrogen) atoms. The molecular weight excluding hydrogens is 352 g/mol. The maximum Gasteiger partial charge on any atom is 0.260 e. The Morgan fingerprint density at radius 2 is 2.16 bits per heavy atom. The summed E-state index contributed by atoms with van der Waals surface area (Å²) in [5.41, 5.74) is 3.14. The van der Waals surface area contributed by atoms with Gasteiger partial charge in [0.05, 0.1) is 17.4 Å². The second kappa shape index (κ2) is 6.54. The Morgan fingerprint density at radius 3 is 2.96 bits per heavy atom. The number of nitrogens with one attached hydrogen (secondary N) is 1. The molecule has 0 saturated heterocycles. The molecule has 3 aromatic heterocycles. The van der Waals surface area contributed by atoms with Crippen molar-refractivity contribution in [1.82, 2.24) is 9.97 Å². The number of thiophene rings is 1. The predicted octanol–water partition coefficient (Wildman–Crippen LogP) is 5.15. The maximum atomic E-state index is 12.6. The average Bonchev–Trinajstić information content (AvgIpc) is 3.24. The van der Waals surface area contributed by atoms with Crippen molar-refractivity contribution in [1.29, 1.82) is 0 Å². The van der Waals surface area contributed by atoms with E-state index in [1.165, 1.54) is 27.4 Å². The number of thioether (sulfide) groups is 1. The lowest BCUT2D eigenvalue weighted by Gasteiger charge is -2.06. The molecule has 1 aromatic carbocycles. The van der Waals surface area contributed by atoms with Crippen molar-refractivity contribution in [2.24, 2.45) is 0 Å². The Morgan fingerprint density at radius 1 is 1.28 bits per heavy atom. The molecule has 1 N–H and O–H groups in total. The molecule has 4 rings (SSSR count). The van der Waals surface area contributed by atoms with E-state index in [4.69, 9.17) is 4.42 Å². The van der Waals surface area contributed by atoms with Crippen LogP contribution >= 0.6 is 23.1 Å². The number of nitrogens with zero attached hydrogens (tertiary/aromatic N) is 1. The van der Waals surface area contributed by atoms with Crippen LogP contribution in [-0.2, 0) is 5.75 Å². The molecule has 4 aromatic rings. The Balaban J connectivity index is 1.66. The quantitative estimate of drug-likeness (QED) is 0.506. The SMILES string of the molecule is Cc1ccc(C)c(SCc2nc3scc(-c4ccco4)c3c(=O)[nH]2)c1. The summed E-state index contributed by atoms with van der Waals surface area (Å²) in [5, 5.41) is 2.52. The van der Waals surface area contributed by atoms with E-state index in [-0.39, 0.29) is 5.56 Å². The average molecular weight is 368 g/mol. The van der Waals surface area contributed by atoms with E-state index in [1.54, 1.807) is 18.0 Å². The zero-order chi connectivity index (χ0) is 17.4. The van der Waals surface area contributed by atoms with E-state index in [0.29, 0.717) is 22.7 Å². The van der Waals surface area contributed by atoms with Gasteiger partial charge in [0.25, 0.3) is 5.56 Å². The van der Waals surface area contributed by atoms with Gasteiger partial charge in [0.15, 0.2) is 0 Å². The van der Waals surface area contributed by atoms with Gasteiger partial charge in [-0.15, -0.1) is 23.1 Å². The Hall–Kier alpha value is -2.31. The van der Waals surface area contributed by atoms with Crippen LogP contribution in [0.1, 0.15) is 17.0 Å². The van der Waals surface area contributed by atoms with E-state index in [2.05, 4.69) is 42.0 Å². The molecule has 0 bridgehead atoms. The van der Waals surface area contributed by atoms with Gasteiger partial charge in [0.1, 0.15) is 16.4 Å². The molecule has 6 heteroatoms. The van der Waals surface area contributed by atoms with Gasteiger partial charge in [-0.05, 0) is 37.6 Å². The number of aryl methyl sites for hydroxylation is 2. The van der Waals surface area contributed by atoms with E-state index < -0.39 is 0 Å². The number of hydrogen-bond acceptors (Lipinski definition) is 5. The first-order valence-electron chi connectivity index (χ1n) is 7.86. The summed E-state index contributed by atoms with van der Waals surface area (Å²) in [7, 11) is 0. The first kappa shape index (κ1) is 16.2. The van der Waals surface area contributed by atoms with E-state index in [1.807, 2.05) is 17.5 Å². The minimum absolute atomic E-state index is 0.116. The number of benzene rings is 1. The number of fused-ring (bicyclic) bond motifs is 1. The normalized spacial score (nSPS) is 11.3. The van der Waals surface area contributed by atoms with Crippen LogP contribution in [0.4, 0.5) is 0 Å². The van der Waals surface area contributed by atoms with Crippen molar-refractivity contribution >= 4 is 33.3 Å². The summed E-state index contributed by atoms with van der Waals surface area (Å²) in [6, 6.07) is 10.1. The molecule has 3 heterocycles. The van der Waals surface area contributed by atoms with E-state index in [0.717, 1.165) is 10.4 Å². The summed E-state index contributed by atoms with van der Waals surface area (Å²) in [5.74, 6) is 2.01. The smallest absolute Gasteiger partial charge is 0.260 e. The van der Waals surface area contributed by atoms with E-state index >= 15 is 0 Å². The third-order valence-electron chi connectivity index (χ3n) is 3.99. The lowest BCUT2D eigenvalue weighted by atomic mass is 10.2. The Kier molecular flexibility index (Phi) is 4.23. The van der Waals surface area contributed by atoms with Crippen LogP contribution in [0.5, 0.6) is 0 Å². The summed E-state index contributed by atoms with van der Waals surface area (Å²) in [6.07, 6.45) is 1.61. The van der Waals surface area contributed by atoms with Gasteiger partial charge < -0.3 is 9.40 Å². The number of aromatic amines is 1. The second-order valence-electron chi connectivity index (χ2n) is 5.88. The zero-order valence-electron chi connectivity index (χ0n) is 13.8. The van der Waals surface area contributed by atoms with Crippen LogP contribution in [0.2, 0.25) is 0 Å². The van der Waals surface area contributed by atoms with Gasteiger partial charge in [0.2, 0.25) is 0 Å². The third-order valence-corrected chi connectivity index (χ3v) is 6.03. The Bertz CT molecular complexity index is 1090. The molecule has 0 fully saturated rings. The number of hydrogen-bond donors (Lipinski definition) is 1. The van der Waals surface area contributed by atoms with Crippen molar-refractivity contribution in [3.05, 3.63) is 69.3 Å². The number of aromatic nitrogens is 2.